The van der Waals surface area contributed by atoms with E-state index in [0.29, 0.717) is 18.0 Å². The van der Waals surface area contributed by atoms with E-state index in [1.807, 2.05) is 31.2 Å². The third-order valence-corrected chi connectivity index (χ3v) is 4.21. The molecule has 0 radical (unpaired) electrons. The smallest absolute Gasteiger partial charge is 0.124 e. The van der Waals surface area contributed by atoms with Crippen LogP contribution >= 0.6 is 27.7 Å². The highest BCUT2D eigenvalue weighted by Gasteiger charge is 2.05. The number of ether oxygens (including phenoxy) is 1. The first-order valence-corrected chi connectivity index (χ1v) is 7.96. The fourth-order valence-corrected chi connectivity index (χ4v) is 3.19. The highest BCUT2D eigenvalue weighted by atomic mass is 79.9. The lowest BCUT2D eigenvalue weighted by atomic mass is 10.2. The van der Waals surface area contributed by atoms with Crippen molar-refractivity contribution in [2.24, 2.45) is 0 Å². The van der Waals surface area contributed by atoms with Crippen molar-refractivity contribution in [1.29, 1.82) is 0 Å². The van der Waals surface area contributed by atoms with E-state index in [-0.39, 0.29) is 5.82 Å². The van der Waals surface area contributed by atoms with Crippen LogP contribution in [0, 0.1) is 5.82 Å². The molecular weight excluding hydrogens is 341 g/mol. The fraction of sp³-hybridized carbons (Fsp3) is 0.200. The summed E-state index contributed by atoms with van der Waals surface area (Å²) in [6.07, 6.45) is 0. The lowest BCUT2D eigenvalue weighted by molar-refractivity contribution is 0.339. The molecule has 0 aromatic heterocycles. The second-order valence-corrected chi connectivity index (χ2v) is 6.13. The largest absolute Gasteiger partial charge is 0.494 e. The number of nitrogen functional groups attached to an aromatic ring is 1. The van der Waals surface area contributed by atoms with E-state index in [1.165, 1.54) is 12.1 Å². The van der Waals surface area contributed by atoms with Gasteiger partial charge in [-0.2, -0.15) is 0 Å². The summed E-state index contributed by atoms with van der Waals surface area (Å²) in [4.78, 5) is 0.941. The fourth-order valence-electron chi connectivity index (χ4n) is 1.75. The van der Waals surface area contributed by atoms with Crippen LogP contribution in [0.3, 0.4) is 0 Å². The van der Waals surface area contributed by atoms with Crippen molar-refractivity contribution in [2.45, 2.75) is 17.6 Å². The lowest BCUT2D eigenvalue weighted by Gasteiger charge is -2.09. The zero-order chi connectivity index (χ0) is 14.5. The van der Waals surface area contributed by atoms with Crippen LogP contribution in [-0.2, 0) is 5.75 Å². The topological polar surface area (TPSA) is 35.2 Å². The number of benzene rings is 2. The molecule has 0 unspecified atom stereocenters. The van der Waals surface area contributed by atoms with Crippen LogP contribution < -0.4 is 10.5 Å². The molecular formula is C15H15BrFNOS. The molecule has 0 saturated heterocycles. The number of anilines is 1. The molecule has 2 nitrogen and oxygen atoms in total. The summed E-state index contributed by atoms with van der Waals surface area (Å²) in [5.74, 6) is 1.20. The summed E-state index contributed by atoms with van der Waals surface area (Å²) >= 11 is 4.86. The van der Waals surface area contributed by atoms with Crippen LogP contribution in [0.1, 0.15) is 12.5 Å². The van der Waals surface area contributed by atoms with E-state index in [4.69, 9.17) is 10.5 Å². The van der Waals surface area contributed by atoms with Crippen LogP contribution in [0.4, 0.5) is 10.1 Å². The summed E-state index contributed by atoms with van der Waals surface area (Å²) in [5.41, 5.74) is 7.56. The van der Waals surface area contributed by atoms with Gasteiger partial charge in [-0.1, -0.05) is 15.9 Å². The minimum Gasteiger partial charge on any atom is -0.494 e. The Labute approximate surface area is 130 Å². The molecule has 0 saturated carbocycles. The maximum absolute atomic E-state index is 13.3. The van der Waals surface area contributed by atoms with Crippen molar-refractivity contribution in [3.05, 3.63) is 52.3 Å². The Morgan fingerprint density at radius 2 is 2.05 bits per heavy atom. The second-order valence-electron chi connectivity index (χ2n) is 4.20. The van der Waals surface area contributed by atoms with Crippen LogP contribution in [0.15, 0.2) is 45.8 Å². The average molecular weight is 356 g/mol. The van der Waals surface area contributed by atoms with Gasteiger partial charge in [0.1, 0.15) is 11.6 Å². The summed E-state index contributed by atoms with van der Waals surface area (Å²) in [6.45, 7) is 2.55. The molecule has 20 heavy (non-hydrogen) atoms. The Kier molecular flexibility index (Phi) is 5.31. The Balaban J connectivity index is 2.11. The van der Waals surface area contributed by atoms with Gasteiger partial charge in [0.2, 0.25) is 0 Å². The third kappa shape index (κ3) is 4.15. The molecule has 2 aromatic carbocycles. The van der Waals surface area contributed by atoms with Gasteiger partial charge in [0.25, 0.3) is 0 Å². The van der Waals surface area contributed by atoms with E-state index in [1.54, 1.807) is 11.8 Å². The van der Waals surface area contributed by atoms with Gasteiger partial charge in [-0.25, -0.2) is 4.39 Å². The van der Waals surface area contributed by atoms with Gasteiger partial charge in [0.15, 0.2) is 0 Å². The molecule has 0 atom stereocenters. The van der Waals surface area contributed by atoms with Crippen LogP contribution in [0.25, 0.3) is 0 Å². The van der Waals surface area contributed by atoms with Gasteiger partial charge in [-0.05, 0) is 48.9 Å². The predicted octanol–water partition coefficient (Wildman–Crippen LogP) is 4.86. The summed E-state index contributed by atoms with van der Waals surface area (Å²) < 4.78 is 19.5. The normalized spacial score (nSPS) is 10.6. The van der Waals surface area contributed by atoms with E-state index in [9.17, 15) is 4.39 Å². The molecule has 0 spiro atoms. The Hall–Kier alpha value is -1.20. The molecule has 0 heterocycles. The molecule has 0 fully saturated rings. The van der Waals surface area contributed by atoms with Crippen molar-refractivity contribution in [2.75, 3.05) is 12.3 Å². The molecule has 2 aromatic rings. The number of thioether (sulfide) groups is 1. The molecule has 0 amide bonds. The van der Waals surface area contributed by atoms with Crippen molar-refractivity contribution in [1.82, 2.24) is 0 Å². The highest BCUT2D eigenvalue weighted by Crippen LogP contribution is 2.32. The lowest BCUT2D eigenvalue weighted by Crippen LogP contribution is -1.94. The predicted molar refractivity (Wildman–Crippen MR) is 85.7 cm³/mol. The zero-order valence-electron chi connectivity index (χ0n) is 11.0. The van der Waals surface area contributed by atoms with Gasteiger partial charge in [0, 0.05) is 20.8 Å². The Bertz CT molecular complexity index is 586. The number of nitrogens with two attached hydrogens (primary N) is 1. The molecule has 106 valence electrons. The molecule has 0 aliphatic carbocycles. The quantitative estimate of drug-likeness (QED) is 0.614. The van der Waals surface area contributed by atoms with Crippen LogP contribution in [-0.4, -0.2) is 6.61 Å². The van der Waals surface area contributed by atoms with Crippen molar-refractivity contribution >= 4 is 33.4 Å². The molecule has 0 bridgehead atoms. The maximum Gasteiger partial charge on any atom is 0.124 e. The first-order chi connectivity index (χ1) is 9.58. The SMILES string of the molecule is CCOc1ccc(N)c(SCc2cc(F)cc(Br)c2)c1. The maximum atomic E-state index is 13.3. The van der Waals surface area contributed by atoms with E-state index in [0.717, 1.165) is 20.7 Å². The highest BCUT2D eigenvalue weighted by molar-refractivity contribution is 9.10. The van der Waals surface area contributed by atoms with Crippen LogP contribution in [0.2, 0.25) is 0 Å². The third-order valence-electron chi connectivity index (χ3n) is 2.61. The van der Waals surface area contributed by atoms with Gasteiger partial charge in [0.05, 0.1) is 6.61 Å². The van der Waals surface area contributed by atoms with E-state index < -0.39 is 0 Å². The summed E-state index contributed by atoms with van der Waals surface area (Å²) in [7, 11) is 0. The van der Waals surface area contributed by atoms with Crippen molar-refractivity contribution in [3.8, 4) is 5.75 Å². The zero-order valence-corrected chi connectivity index (χ0v) is 13.4. The number of halogens is 2. The minimum atomic E-state index is -0.244. The average Bonchev–Trinajstić information content (AvgIpc) is 2.38. The first kappa shape index (κ1) is 15.2. The van der Waals surface area contributed by atoms with Crippen LogP contribution in [0.5, 0.6) is 5.75 Å². The minimum absolute atomic E-state index is 0.244. The molecule has 2 rings (SSSR count). The van der Waals surface area contributed by atoms with Crippen molar-refractivity contribution < 1.29 is 9.13 Å². The first-order valence-electron chi connectivity index (χ1n) is 6.18. The molecule has 2 N–H and O–H groups in total. The summed E-state index contributed by atoms with van der Waals surface area (Å²) in [6, 6.07) is 10.5. The molecule has 5 heteroatoms. The van der Waals surface area contributed by atoms with Gasteiger partial charge in [-0.3, -0.25) is 0 Å². The summed E-state index contributed by atoms with van der Waals surface area (Å²) in [5, 5.41) is 0. The van der Waals surface area contributed by atoms with Crippen molar-refractivity contribution in [3.63, 3.8) is 0 Å². The number of hydrogen-bond acceptors (Lipinski definition) is 3. The van der Waals surface area contributed by atoms with E-state index in [2.05, 4.69) is 15.9 Å². The Morgan fingerprint density at radius 1 is 1.25 bits per heavy atom. The second kappa shape index (κ2) is 6.99. The standard InChI is InChI=1S/C15H15BrFNOS/c1-2-19-13-3-4-14(18)15(8-13)20-9-10-5-11(16)7-12(17)6-10/h3-8H,2,9,18H2,1H3. The molecule has 0 aliphatic heterocycles. The monoisotopic (exact) mass is 355 g/mol. The van der Waals surface area contributed by atoms with Gasteiger partial charge >= 0.3 is 0 Å². The molecule has 0 aliphatic rings. The van der Waals surface area contributed by atoms with E-state index >= 15 is 0 Å². The van der Waals surface area contributed by atoms with Gasteiger partial charge in [-0.15, -0.1) is 11.8 Å². The number of hydrogen-bond donors (Lipinski definition) is 1. The van der Waals surface area contributed by atoms with Gasteiger partial charge < -0.3 is 10.5 Å². The number of rotatable bonds is 5. The Morgan fingerprint density at radius 3 is 2.75 bits per heavy atom.